The first-order valence-electron chi connectivity index (χ1n) is 7.70. The molecule has 0 aromatic heterocycles. The Labute approximate surface area is 135 Å². The summed E-state index contributed by atoms with van der Waals surface area (Å²) in [5, 5.41) is 8.31. The molecule has 0 radical (unpaired) electrons. The van der Waals surface area contributed by atoms with Crippen LogP contribution in [0, 0.1) is 0 Å². The van der Waals surface area contributed by atoms with E-state index in [9.17, 15) is 14.4 Å². The molecular formula is C16H22N4O3. The molecule has 1 saturated heterocycles. The third-order valence-electron chi connectivity index (χ3n) is 3.73. The number of carbonyl (C=O) groups excluding carboxylic acids is 3. The summed E-state index contributed by atoms with van der Waals surface area (Å²) >= 11 is 0. The number of nitrogens with one attached hydrogen (secondary N) is 3. The quantitative estimate of drug-likeness (QED) is 0.520. The summed E-state index contributed by atoms with van der Waals surface area (Å²) in [5.41, 5.74) is 5.97. The van der Waals surface area contributed by atoms with Crippen molar-refractivity contribution in [1.29, 1.82) is 0 Å². The van der Waals surface area contributed by atoms with Crippen molar-refractivity contribution in [3.05, 3.63) is 35.9 Å². The van der Waals surface area contributed by atoms with E-state index >= 15 is 0 Å². The van der Waals surface area contributed by atoms with Gasteiger partial charge in [0.15, 0.2) is 0 Å². The minimum Gasteiger partial charge on any atom is -0.368 e. The van der Waals surface area contributed by atoms with E-state index in [4.69, 9.17) is 5.73 Å². The zero-order chi connectivity index (χ0) is 16.7. The lowest BCUT2D eigenvalue weighted by Gasteiger charge is -2.20. The summed E-state index contributed by atoms with van der Waals surface area (Å²) in [4.78, 5) is 35.3. The Morgan fingerprint density at radius 3 is 2.61 bits per heavy atom. The number of amides is 3. The van der Waals surface area contributed by atoms with Crippen LogP contribution in [0.5, 0.6) is 0 Å². The number of primary amides is 1. The third kappa shape index (κ3) is 5.37. The Hall–Kier alpha value is -2.41. The Morgan fingerprint density at radius 2 is 2.00 bits per heavy atom. The molecule has 23 heavy (non-hydrogen) atoms. The molecule has 1 aromatic rings. The van der Waals surface area contributed by atoms with Crippen LogP contribution in [0.1, 0.15) is 18.4 Å². The van der Waals surface area contributed by atoms with Gasteiger partial charge in [0.2, 0.25) is 17.7 Å². The molecule has 3 amide bonds. The van der Waals surface area contributed by atoms with Gasteiger partial charge in [-0.2, -0.15) is 0 Å². The van der Waals surface area contributed by atoms with Gasteiger partial charge in [0, 0.05) is 6.42 Å². The number of hydrogen-bond donors (Lipinski definition) is 4. The molecule has 5 N–H and O–H groups in total. The molecule has 0 bridgehead atoms. The van der Waals surface area contributed by atoms with Gasteiger partial charge in [-0.3, -0.25) is 14.4 Å². The van der Waals surface area contributed by atoms with E-state index in [0.717, 1.165) is 24.9 Å². The fourth-order valence-electron chi connectivity index (χ4n) is 2.54. The first-order chi connectivity index (χ1) is 11.1. The van der Waals surface area contributed by atoms with E-state index in [0.29, 0.717) is 6.42 Å². The maximum absolute atomic E-state index is 12.2. The molecule has 1 aliphatic heterocycles. The average Bonchev–Trinajstić information content (AvgIpc) is 3.07. The van der Waals surface area contributed by atoms with Gasteiger partial charge in [-0.05, 0) is 24.9 Å². The van der Waals surface area contributed by atoms with Crippen molar-refractivity contribution in [1.82, 2.24) is 16.0 Å². The number of nitrogens with two attached hydrogens (primary N) is 1. The highest BCUT2D eigenvalue weighted by Crippen LogP contribution is 2.07. The van der Waals surface area contributed by atoms with Gasteiger partial charge in [0.1, 0.15) is 6.04 Å². The highest BCUT2D eigenvalue weighted by molar-refractivity contribution is 5.91. The summed E-state index contributed by atoms with van der Waals surface area (Å²) in [6.45, 7) is 0.553. The first kappa shape index (κ1) is 17.0. The first-order valence-corrected chi connectivity index (χ1v) is 7.70. The molecule has 124 valence electrons. The van der Waals surface area contributed by atoms with E-state index in [1.54, 1.807) is 0 Å². The molecular weight excluding hydrogens is 296 g/mol. The van der Waals surface area contributed by atoms with Crippen LogP contribution in [-0.4, -0.2) is 42.9 Å². The van der Waals surface area contributed by atoms with Crippen molar-refractivity contribution in [2.24, 2.45) is 5.73 Å². The van der Waals surface area contributed by atoms with Crippen LogP contribution in [0.4, 0.5) is 0 Å². The van der Waals surface area contributed by atoms with Gasteiger partial charge in [-0.15, -0.1) is 0 Å². The molecule has 7 heteroatoms. The standard InChI is InChI=1S/C16H22N4O3/c17-14(21)10-19-15(22)13(9-11-5-2-1-3-6-11)20-16(23)12-7-4-8-18-12/h1-3,5-6,12-13,18H,4,7-10H2,(H2,17,21)(H,19,22)(H,20,23)/t12-,13-/m0/s1. The maximum Gasteiger partial charge on any atom is 0.243 e. The van der Waals surface area contributed by atoms with Gasteiger partial charge >= 0.3 is 0 Å². The minimum absolute atomic E-state index is 0.197. The minimum atomic E-state index is -0.744. The molecule has 0 saturated carbocycles. The normalized spacial score (nSPS) is 18.2. The van der Waals surface area contributed by atoms with Gasteiger partial charge in [0.25, 0.3) is 0 Å². The molecule has 1 aliphatic rings. The molecule has 7 nitrogen and oxygen atoms in total. The third-order valence-corrected chi connectivity index (χ3v) is 3.73. The predicted molar refractivity (Wildman–Crippen MR) is 85.3 cm³/mol. The Kier molecular flexibility index (Phi) is 6.10. The van der Waals surface area contributed by atoms with Crippen LogP contribution in [0.2, 0.25) is 0 Å². The molecule has 2 rings (SSSR count). The zero-order valence-electron chi connectivity index (χ0n) is 12.9. The van der Waals surface area contributed by atoms with Crippen LogP contribution in [0.3, 0.4) is 0 Å². The van der Waals surface area contributed by atoms with Crippen molar-refractivity contribution in [3.63, 3.8) is 0 Å². The monoisotopic (exact) mass is 318 g/mol. The van der Waals surface area contributed by atoms with Gasteiger partial charge in [0.05, 0.1) is 12.6 Å². The lowest BCUT2D eigenvalue weighted by atomic mass is 10.0. The van der Waals surface area contributed by atoms with E-state index in [2.05, 4.69) is 16.0 Å². The molecule has 0 aliphatic carbocycles. The van der Waals surface area contributed by atoms with E-state index in [1.165, 1.54) is 0 Å². The second-order valence-electron chi connectivity index (χ2n) is 5.58. The van der Waals surface area contributed by atoms with Gasteiger partial charge in [-0.1, -0.05) is 30.3 Å². The molecule has 0 spiro atoms. The molecule has 1 aromatic carbocycles. The highest BCUT2D eigenvalue weighted by atomic mass is 16.2. The largest absolute Gasteiger partial charge is 0.368 e. The van der Waals surface area contributed by atoms with Crippen molar-refractivity contribution in [2.45, 2.75) is 31.3 Å². The number of benzene rings is 1. The lowest BCUT2D eigenvalue weighted by Crippen LogP contribution is -2.53. The maximum atomic E-state index is 12.2. The average molecular weight is 318 g/mol. The van der Waals surface area contributed by atoms with Crippen molar-refractivity contribution in [2.75, 3.05) is 13.1 Å². The van der Waals surface area contributed by atoms with Crippen molar-refractivity contribution < 1.29 is 14.4 Å². The second kappa shape index (κ2) is 8.28. The summed E-state index contributed by atoms with van der Waals surface area (Å²) in [6, 6.07) is 8.38. The number of carbonyl (C=O) groups is 3. The molecule has 0 unspecified atom stereocenters. The van der Waals surface area contributed by atoms with Crippen LogP contribution < -0.4 is 21.7 Å². The van der Waals surface area contributed by atoms with Crippen molar-refractivity contribution >= 4 is 17.7 Å². The van der Waals surface area contributed by atoms with Crippen LogP contribution >= 0.6 is 0 Å². The van der Waals surface area contributed by atoms with Crippen LogP contribution in [0.15, 0.2) is 30.3 Å². The van der Waals surface area contributed by atoms with Gasteiger partial charge in [-0.25, -0.2) is 0 Å². The molecule has 2 atom stereocenters. The number of rotatable bonds is 7. The van der Waals surface area contributed by atoms with E-state index in [-0.39, 0.29) is 18.5 Å². The summed E-state index contributed by atoms with van der Waals surface area (Å²) in [7, 11) is 0. The number of hydrogen-bond acceptors (Lipinski definition) is 4. The lowest BCUT2D eigenvalue weighted by molar-refractivity contribution is -0.130. The molecule has 1 heterocycles. The van der Waals surface area contributed by atoms with Gasteiger partial charge < -0.3 is 21.7 Å². The summed E-state index contributed by atoms with van der Waals surface area (Å²) < 4.78 is 0. The Balaban J connectivity index is 2.01. The summed E-state index contributed by atoms with van der Waals surface area (Å²) in [6.07, 6.45) is 2.05. The predicted octanol–water partition coefficient (Wildman–Crippen LogP) is -0.933. The highest BCUT2D eigenvalue weighted by Gasteiger charge is 2.27. The molecule has 1 fully saturated rings. The topological polar surface area (TPSA) is 113 Å². The van der Waals surface area contributed by atoms with Crippen LogP contribution in [0.25, 0.3) is 0 Å². The van der Waals surface area contributed by atoms with Crippen molar-refractivity contribution in [3.8, 4) is 0 Å². The van der Waals surface area contributed by atoms with E-state index < -0.39 is 17.9 Å². The Morgan fingerprint density at radius 1 is 1.26 bits per heavy atom. The fourth-order valence-corrected chi connectivity index (χ4v) is 2.54. The second-order valence-corrected chi connectivity index (χ2v) is 5.58. The Bertz CT molecular complexity index is 556. The van der Waals surface area contributed by atoms with Crippen LogP contribution in [-0.2, 0) is 20.8 Å². The fraction of sp³-hybridized carbons (Fsp3) is 0.438. The van der Waals surface area contributed by atoms with E-state index in [1.807, 2.05) is 30.3 Å². The SMILES string of the molecule is NC(=O)CNC(=O)[C@H](Cc1ccccc1)NC(=O)[C@@H]1CCCN1. The summed E-state index contributed by atoms with van der Waals surface area (Å²) in [5.74, 6) is -1.24. The zero-order valence-corrected chi connectivity index (χ0v) is 12.9. The smallest absolute Gasteiger partial charge is 0.243 e.